The number of aliphatic carboxylic acids is 1. The first-order valence-corrected chi connectivity index (χ1v) is 10.8. The van der Waals surface area contributed by atoms with Crippen molar-refractivity contribution < 1.29 is 14.6 Å². The largest absolute Gasteiger partial charge is 0.480 e. The zero-order chi connectivity index (χ0) is 22.0. The number of pyridine rings is 1. The second-order valence-electron chi connectivity index (χ2n) is 8.21. The Morgan fingerprint density at radius 2 is 1.87 bits per heavy atom. The van der Waals surface area contributed by atoms with Crippen LogP contribution in [0, 0.1) is 0 Å². The molecule has 2 aromatic carbocycles. The molecule has 0 radical (unpaired) electrons. The second-order valence-corrected chi connectivity index (χ2v) is 8.21. The highest BCUT2D eigenvalue weighted by Gasteiger charge is 2.36. The summed E-state index contributed by atoms with van der Waals surface area (Å²) in [6, 6.07) is 17.9. The summed E-state index contributed by atoms with van der Waals surface area (Å²) in [6.07, 6.45) is 2.21. The van der Waals surface area contributed by atoms with Gasteiger partial charge in [0.2, 0.25) is 0 Å². The lowest BCUT2D eigenvalue weighted by Crippen LogP contribution is -2.35. The third-order valence-electron chi connectivity index (χ3n) is 5.79. The van der Waals surface area contributed by atoms with Crippen molar-refractivity contribution in [2.45, 2.75) is 45.8 Å². The predicted molar refractivity (Wildman–Crippen MR) is 123 cm³/mol. The van der Waals surface area contributed by atoms with E-state index in [-0.39, 0.29) is 0 Å². The van der Waals surface area contributed by atoms with E-state index in [9.17, 15) is 9.90 Å². The number of carboxylic acids is 1. The monoisotopic (exact) mass is 416 g/mol. The lowest BCUT2D eigenvalue weighted by atomic mass is 9.97. The van der Waals surface area contributed by atoms with Gasteiger partial charge >= 0.3 is 5.97 Å². The van der Waals surface area contributed by atoms with Gasteiger partial charge in [-0.15, -0.1) is 0 Å². The molecule has 5 heteroatoms. The van der Waals surface area contributed by atoms with Gasteiger partial charge < -0.3 is 14.7 Å². The Balaban J connectivity index is 1.65. The van der Waals surface area contributed by atoms with Gasteiger partial charge in [0.15, 0.2) is 0 Å². The Morgan fingerprint density at radius 3 is 2.48 bits per heavy atom. The van der Waals surface area contributed by atoms with Crippen LogP contribution in [0.5, 0.6) is 0 Å². The van der Waals surface area contributed by atoms with Crippen molar-refractivity contribution in [3.05, 3.63) is 77.5 Å². The number of aromatic nitrogens is 1. The number of anilines is 2. The van der Waals surface area contributed by atoms with E-state index in [1.807, 2.05) is 30.0 Å². The van der Waals surface area contributed by atoms with Crippen molar-refractivity contribution in [2.24, 2.45) is 0 Å². The molecule has 0 fully saturated rings. The van der Waals surface area contributed by atoms with Gasteiger partial charge in [-0.3, -0.25) is 0 Å². The number of benzene rings is 2. The van der Waals surface area contributed by atoms with E-state index in [2.05, 4.69) is 55.2 Å². The molecule has 0 amide bonds. The van der Waals surface area contributed by atoms with Crippen molar-refractivity contribution >= 4 is 17.5 Å². The highest BCUT2D eigenvalue weighted by atomic mass is 16.5. The van der Waals surface area contributed by atoms with Gasteiger partial charge in [-0.1, -0.05) is 50.2 Å². The molecule has 5 nitrogen and oxygen atoms in total. The van der Waals surface area contributed by atoms with E-state index in [1.54, 1.807) is 6.20 Å². The molecule has 1 aliphatic rings. The Hall–Kier alpha value is -3.18. The summed E-state index contributed by atoms with van der Waals surface area (Å²) < 4.78 is 5.43. The highest BCUT2D eigenvalue weighted by molar-refractivity contribution is 5.87. The summed E-state index contributed by atoms with van der Waals surface area (Å²) in [4.78, 5) is 18.4. The van der Waals surface area contributed by atoms with E-state index in [0.717, 1.165) is 27.9 Å². The molecule has 2 heterocycles. The molecule has 1 atom stereocenters. The van der Waals surface area contributed by atoms with Crippen LogP contribution < -0.4 is 4.90 Å². The molecule has 0 saturated carbocycles. The van der Waals surface area contributed by atoms with Gasteiger partial charge in [0, 0.05) is 24.9 Å². The van der Waals surface area contributed by atoms with Crippen LogP contribution in [0.25, 0.3) is 11.1 Å². The molecule has 1 aromatic heterocycles. The maximum Gasteiger partial charge on any atom is 0.327 e. The lowest BCUT2D eigenvalue weighted by molar-refractivity contribution is -0.138. The van der Waals surface area contributed by atoms with Crippen molar-refractivity contribution in [1.82, 2.24) is 4.98 Å². The zero-order valence-corrected chi connectivity index (χ0v) is 18.2. The number of ether oxygens (including phenoxy) is 1. The zero-order valence-electron chi connectivity index (χ0n) is 18.2. The lowest BCUT2D eigenvalue weighted by Gasteiger charge is -2.24. The standard InChI is InChI=1S/C26H28N2O3/c1-4-31-16-18-5-12-25(27-15-18)28-23-11-10-21(13-22(23)14-24(28)26(29)30)20-8-6-19(7-9-20)17(2)3/h5-13,15,17,24H,4,14,16H2,1-3H3,(H,29,30). The molecule has 1 aliphatic heterocycles. The SMILES string of the molecule is CCOCc1ccc(N2c3ccc(-c4ccc(C(C)C)cc4)cc3CC2C(=O)O)nc1. The summed E-state index contributed by atoms with van der Waals surface area (Å²) in [7, 11) is 0. The molecule has 1 N–H and O–H groups in total. The second kappa shape index (κ2) is 8.90. The van der Waals surface area contributed by atoms with Crippen LogP contribution in [0.4, 0.5) is 11.5 Å². The number of nitrogens with zero attached hydrogens (tertiary/aromatic N) is 2. The van der Waals surface area contributed by atoms with E-state index >= 15 is 0 Å². The van der Waals surface area contributed by atoms with Gasteiger partial charge in [0.05, 0.1) is 6.61 Å². The number of fused-ring (bicyclic) bond motifs is 1. The summed E-state index contributed by atoms with van der Waals surface area (Å²) in [5.74, 6) is 0.283. The van der Waals surface area contributed by atoms with Crippen molar-refractivity contribution in [2.75, 3.05) is 11.5 Å². The van der Waals surface area contributed by atoms with Crippen LogP contribution in [0.2, 0.25) is 0 Å². The summed E-state index contributed by atoms with van der Waals surface area (Å²) in [5, 5.41) is 9.87. The van der Waals surface area contributed by atoms with Gasteiger partial charge in [-0.2, -0.15) is 0 Å². The molecule has 0 bridgehead atoms. The van der Waals surface area contributed by atoms with E-state index in [0.29, 0.717) is 31.4 Å². The fraction of sp³-hybridized carbons (Fsp3) is 0.308. The molecule has 3 aromatic rings. The fourth-order valence-electron chi connectivity index (χ4n) is 4.04. The normalized spacial score (nSPS) is 15.4. The molecule has 0 saturated heterocycles. The van der Waals surface area contributed by atoms with E-state index in [4.69, 9.17) is 4.74 Å². The molecular weight excluding hydrogens is 388 g/mol. The number of carboxylic acid groups (broad SMARTS) is 1. The Kier molecular flexibility index (Phi) is 6.05. The Bertz CT molecular complexity index is 1060. The fourth-order valence-corrected chi connectivity index (χ4v) is 4.04. The summed E-state index contributed by atoms with van der Waals surface area (Å²) >= 11 is 0. The van der Waals surface area contributed by atoms with Crippen LogP contribution in [0.1, 0.15) is 43.4 Å². The predicted octanol–water partition coefficient (Wildman–Crippen LogP) is 5.56. The highest BCUT2D eigenvalue weighted by Crippen LogP contribution is 2.40. The molecule has 4 rings (SSSR count). The average Bonchev–Trinajstić information content (AvgIpc) is 3.17. The van der Waals surface area contributed by atoms with Crippen molar-refractivity contribution in [3.63, 3.8) is 0 Å². The molecule has 31 heavy (non-hydrogen) atoms. The molecule has 0 spiro atoms. The number of rotatable bonds is 7. The van der Waals surface area contributed by atoms with Gasteiger partial charge in [-0.25, -0.2) is 9.78 Å². The van der Waals surface area contributed by atoms with E-state index in [1.165, 1.54) is 5.56 Å². The van der Waals surface area contributed by atoms with Crippen LogP contribution in [-0.4, -0.2) is 28.7 Å². The van der Waals surface area contributed by atoms with Crippen LogP contribution >= 0.6 is 0 Å². The van der Waals surface area contributed by atoms with Gasteiger partial charge in [0.1, 0.15) is 11.9 Å². The topological polar surface area (TPSA) is 62.7 Å². The average molecular weight is 417 g/mol. The third-order valence-corrected chi connectivity index (χ3v) is 5.79. The maximum atomic E-state index is 12.0. The van der Waals surface area contributed by atoms with Gasteiger partial charge in [-0.05, 0) is 58.9 Å². The molecule has 1 unspecified atom stereocenters. The van der Waals surface area contributed by atoms with Gasteiger partial charge in [0.25, 0.3) is 0 Å². The number of carbonyl (C=O) groups is 1. The smallest absolute Gasteiger partial charge is 0.327 e. The minimum atomic E-state index is -0.848. The molecule has 160 valence electrons. The van der Waals surface area contributed by atoms with E-state index < -0.39 is 12.0 Å². The van der Waals surface area contributed by atoms with Crippen molar-refractivity contribution in [1.29, 1.82) is 0 Å². The Morgan fingerprint density at radius 1 is 1.13 bits per heavy atom. The maximum absolute atomic E-state index is 12.0. The minimum Gasteiger partial charge on any atom is -0.480 e. The first kappa shape index (κ1) is 21.1. The third kappa shape index (κ3) is 4.32. The summed E-state index contributed by atoms with van der Waals surface area (Å²) in [5.41, 5.74) is 6.44. The van der Waals surface area contributed by atoms with Crippen LogP contribution in [-0.2, 0) is 22.6 Å². The molecule has 0 aliphatic carbocycles. The molecular formula is C26H28N2O3. The van der Waals surface area contributed by atoms with Crippen LogP contribution in [0.15, 0.2) is 60.8 Å². The number of hydrogen-bond acceptors (Lipinski definition) is 4. The van der Waals surface area contributed by atoms with Crippen molar-refractivity contribution in [3.8, 4) is 11.1 Å². The number of hydrogen-bond donors (Lipinski definition) is 1. The Labute approximate surface area is 183 Å². The van der Waals surface area contributed by atoms with Crippen LogP contribution in [0.3, 0.4) is 0 Å². The first-order valence-electron chi connectivity index (χ1n) is 10.8. The first-order chi connectivity index (χ1) is 15.0. The summed E-state index contributed by atoms with van der Waals surface area (Å²) in [6.45, 7) is 7.46. The minimum absolute atomic E-state index is 0.449. The quantitative estimate of drug-likeness (QED) is 0.547.